The number of hydrogen-bond acceptors (Lipinski definition) is 4. The molecule has 0 unspecified atom stereocenters. The van der Waals surface area contributed by atoms with Gasteiger partial charge >= 0.3 is 5.97 Å². The molecule has 1 amide bonds. The van der Waals surface area contributed by atoms with Crippen LogP contribution in [0.3, 0.4) is 0 Å². The van der Waals surface area contributed by atoms with Crippen LogP contribution in [0.5, 0.6) is 0 Å². The van der Waals surface area contributed by atoms with Gasteiger partial charge in [0, 0.05) is 6.04 Å². The van der Waals surface area contributed by atoms with Gasteiger partial charge in [-0.3, -0.25) is 4.79 Å². The van der Waals surface area contributed by atoms with Crippen LogP contribution >= 0.6 is 0 Å². The SMILES string of the molecule is COC(=O)c1ccc(C2CCC(NC(=O)[C@H]3CCCN3)CC2)cc1C. The summed E-state index contributed by atoms with van der Waals surface area (Å²) in [5, 5.41) is 6.47. The summed E-state index contributed by atoms with van der Waals surface area (Å²) in [6.45, 7) is 2.90. The molecule has 0 radical (unpaired) electrons. The molecule has 1 atom stereocenters. The molecule has 0 bridgehead atoms. The van der Waals surface area contributed by atoms with Gasteiger partial charge in [0.1, 0.15) is 0 Å². The monoisotopic (exact) mass is 344 g/mol. The molecular weight excluding hydrogens is 316 g/mol. The Bertz CT molecular complexity index is 630. The second-order valence-electron chi connectivity index (χ2n) is 7.27. The first-order valence-electron chi connectivity index (χ1n) is 9.31. The number of esters is 1. The molecule has 1 aromatic rings. The van der Waals surface area contributed by atoms with Gasteiger partial charge in [-0.1, -0.05) is 12.1 Å². The fourth-order valence-electron chi connectivity index (χ4n) is 4.06. The van der Waals surface area contributed by atoms with E-state index in [2.05, 4.69) is 16.7 Å². The minimum absolute atomic E-state index is 0.00578. The Kier molecular flexibility index (Phi) is 5.74. The highest BCUT2D eigenvalue weighted by Crippen LogP contribution is 2.33. The molecular formula is C20H28N2O3. The molecule has 5 heteroatoms. The number of carbonyl (C=O) groups excluding carboxylic acids is 2. The average molecular weight is 344 g/mol. The second kappa shape index (κ2) is 8.00. The van der Waals surface area contributed by atoms with Crippen molar-refractivity contribution in [2.45, 2.75) is 63.5 Å². The van der Waals surface area contributed by atoms with Crippen molar-refractivity contribution in [2.24, 2.45) is 0 Å². The summed E-state index contributed by atoms with van der Waals surface area (Å²) in [6.07, 6.45) is 6.21. The third-order valence-electron chi connectivity index (χ3n) is 5.58. The van der Waals surface area contributed by atoms with Crippen LogP contribution in [0.15, 0.2) is 18.2 Å². The summed E-state index contributed by atoms with van der Waals surface area (Å²) < 4.78 is 4.81. The largest absolute Gasteiger partial charge is 0.465 e. The zero-order valence-electron chi connectivity index (χ0n) is 15.1. The highest BCUT2D eigenvalue weighted by Gasteiger charge is 2.27. The molecule has 2 aliphatic rings. The Balaban J connectivity index is 1.54. The minimum atomic E-state index is -0.281. The van der Waals surface area contributed by atoms with Gasteiger partial charge in [-0.25, -0.2) is 4.79 Å². The number of hydrogen-bond donors (Lipinski definition) is 2. The Labute approximate surface area is 149 Å². The van der Waals surface area contributed by atoms with Crippen LogP contribution in [0, 0.1) is 6.92 Å². The molecule has 5 nitrogen and oxygen atoms in total. The first kappa shape index (κ1) is 17.9. The summed E-state index contributed by atoms with van der Waals surface area (Å²) >= 11 is 0. The molecule has 1 aliphatic heterocycles. The fourth-order valence-corrected chi connectivity index (χ4v) is 4.06. The van der Waals surface area contributed by atoms with Crippen molar-refractivity contribution in [1.29, 1.82) is 0 Å². The molecule has 25 heavy (non-hydrogen) atoms. The lowest BCUT2D eigenvalue weighted by atomic mass is 9.81. The third kappa shape index (κ3) is 4.21. The van der Waals surface area contributed by atoms with Crippen LogP contribution in [0.25, 0.3) is 0 Å². The molecule has 1 saturated heterocycles. The predicted molar refractivity (Wildman–Crippen MR) is 96.7 cm³/mol. The van der Waals surface area contributed by atoms with E-state index in [0.717, 1.165) is 50.6 Å². The van der Waals surface area contributed by atoms with E-state index < -0.39 is 0 Å². The highest BCUT2D eigenvalue weighted by molar-refractivity contribution is 5.91. The normalized spacial score (nSPS) is 26.2. The van der Waals surface area contributed by atoms with Crippen LogP contribution in [-0.2, 0) is 9.53 Å². The molecule has 1 aliphatic carbocycles. The number of nitrogens with one attached hydrogen (secondary N) is 2. The van der Waals surface area contributed by atoms with Gasteiger partial charge in [0.25, 0.3) is 0 Å². The lowest BCUT2D eigenvalue weighted by Crippen LogP contribution is -2.46. The number of rotatable bonds is 4. The van der Waals surface area contributed by atoms with E-state index in [-0.39, 0.29) is 17.9 Å². The Morgan fingerprint density at radius 1 is 1.16 bits per heavy atom. The summed E-state index contributed by atoms with van der Waals surface area (Å²) in [4.78, 5) is 23.9. The number of ether oxygens (including phenoxy) is 1. The summed E-state index contributed by atoms with van der Waals surface area (Å²) in [5.74, 6) is 0.387. The van der Waals surface area contributed by atoms with Crippen molar-refractivity contribution in [1.82, 2.24) is 10.6 Å². The number of carbonyl (C=O) groups is 2. The maximum atomic E-state index is 12.2. The number of aryl methyl sites for hydroxylation is 1. The van der Waals surface area contributed by atoms with Gasteiger partial charge in [0.05, 0.1) is 18.7 Å². The van der Waals surface area contributed by atoms with Gasteiger partial charge in [-0.2, -0.15) is 0 Å². The molecule has 136 valence electrons. The highest BCUT2D eigenvalue weighted by atomic mass is 16.5. The number of amides is 1. The van der Waals surface area contributed by atoms with Gasteiger partial charge in [0.2, 0.25) is 5.91 Å². The van der Waals surface area contributed by atoms with E-state index in [4.69, 9.17) is 4.74 Å². The molecule has 1 heterocycles. The lowest BCUT2D eigenvalue weighted by molar-refractivity contribution is -0.123. The zero-order chi connectivity index (χ0) is 17.8. The minimum Gasteiger partial charge on any atom is -0.465 e. The summed E-state index contributed by atoms with van der Waals surface area (Å²) in [6, 6.07) is 6.33. The van der Waals surface area contributed by atoms with E-state index in [1.807, 2.05) is 19.1 Å². The van der Waals surface area contributed by atoms with Gasteiger partial charge < -0.3 is 15.4 Å². The third-order valence-corrected chi connectivity index (χ3v) is 5.58. The van der Waals surface area contributed by atoms with E-state index in [1.54, 1.807) is 0 Å². The smallest absolute Gasteiger partial charge is 0.338 e. The van der Waals surface area contributed by atoms with Crippen molar-refractivity contribution in [3.05, 3.63) is 34.9 Å². The van der Waals surface area contributed by atoms with Gasteiger partial charge in [0.15, 0.2) is 0 Å². The van der Waals surface area contributed by atoms with Crippen molar-refractivity contribution in [3.8, 4) is 0 Å². The Morgan fingerprint density at radius 3 is 2.52 bits per heavy atom. The predicted octanol–water partition coefficient (Wildman–Crippen LogP) is 2.68. The molecule has 1 saturated carbocycles. The van der Waals surface area contributed by atoms with Crippen molar-refractivity contribution >= 4 is 11.9 Å². The zero-order valence-corrected chi connectivity index (χ0v) is 15.1. The van der Waals surface area contributed by atoms with Gasteiger partial charge in [-0.05, 0) is 75.1 Å². The topological polar surface area (TPSA) is 67.4 Å². The molecule has 1 aromatic carbocycles. The van der Waals surface area contributed by atoms with Crippen molar-refractivity contribution in [3.63, 3.8) is 0 Å². The summed E-state index contributed by atoms with van der Waals surface area (Å²) in [7, 11) is 1.41. The number of methoxy groups -OCH3 is 1. The number of benzene rings is 1. The first-order valence-corrected chi connectivity index (χ1v) is 9.31. The molecule has 0 spiro atoms. The summed E-state index contributed by atoms with van der Waals surface area (Å²) in [5.41, 5.74) is 2.88. The Morgan fingerprint density at radius 2 is 1.92 bits per heavy atom. The van der Waals surface area contributed by atoms with Crippen LogP contribution in [0.2, 0.25) is 0 Å². The quantitative estimate of drug-likeness (QED) is 0.824. The molecule has 2 N–H and O–H groups in total. The average Bonchev–Trinajstić information content (AvgIpc) is 3.16. The van der Waals surface area contributed by atoms with E-state index in [1.165, 1.54) is 12.7 Å². The van der Waals surface area contributed by atoms with E-state index in [0.29, 0.717) is 17.5 Å². The van der Waals surface area contributed by atoms with Crippen LogP contribution < -0.4 is 10.6 Å². The maximum Gasteiger partial charge on any atom is 0.338 e. The fraction of sp³-hybridized carbons (Fsp3) is 0.600. The lowest BCUT2D eigenvalue weighted by Gasteiger charge is -2.30. The second-order valence-corrected chi connectivity index (χ2v) is 7.27. The van der Waals surface area contributed by atoms with Crippen molar-refractivity contribution in [2.75, 3.05) is 13.7 Å². The van der Waals surface area contributed by atoms with Crippen molar-refractivity contribution < 1.29 is 14.3 Å². The standard InChI is InChI=1S/C20H28N2O3/c1-13-12-15(7-10-17(13)20(24)25-2)14-5-8-16(9-6-14)22-19(23)18-4-3-11-21-18/h7,10,12,14,16,18,21H,3-6,8-9,11H2,1-2H3,(H,22,23)/t14?,16?,18-/m1/s1. The molecule has 2 fully saturated rings. The van der Waals surface area contributed by atoms with Crippen LogP contribution in [0.4, 0.5) is 0 Å². The van der Waals surface area contributed by atoms with E-state index in [9.17, 15) is 9.59 Å². The first-order chi connectivity index (χ1) is 12.1. The van der Waals surface area contributed by atoms with E-state index >= 15 is 0 Å². The van der Waals surface area contributed by atoms with Crippen LogP contribution in [-0.4, -0.2) is 37.6 Å². The van der Waals surface area contributed by atoms with Crippen LogP contribution in [0.1, 0.15) is 65.9 Å². The maximum absolute atomic E-state index is 12.2. The molecule has 3 rings (SSSR count). The van der Waals surface area contributed by atoms with Gasteiger partial charge in [-0.15, -0.1) is 0 Å². The Hall–Kier alpha value is -1.88. The molecule has 0 aromatic heterocycles.